The van der Waals surface area contributed by atoms with E-state index in [4.69, 9.17) is 0 Å². The summed E-state index contributed by atoms with van der Waals surface area (Å²) in [5.41, 5.74) is -0.164. The van der Waals surface area contributed by atoms with E-state index in [0.717, 1.165) is 17.1 Å². The quantitative estimate of drug-likeness (QED) is 0.836. The Hall–Kier alpha value is -0.700. The van der Waals surface area contributed by atoms with Crippen molar-refractivity contribution in [2.24, 2.45) is 0 Å². The van der Waals surface area contributed by atoms with Gasteiger partial charge in [-0.25, -0.2) is 4.39 Å². The number of phenols is 1. The Kier molecular flexibility index (Phi) is 3.19. The highest BCUT2D eigenvalue weighted by molar-refractivity contribution is 7.99. The highest BCUT2D eigenvalue weighted by Gasteiger charge is 2.31. The van der Waals surface area contributed by atoms with Crippen LogP contribution < -0.4 is 0 Å². The minimum atomic E-state index is -1.06. The summed E-state index contributed by atoms with van der Waals surface area (Å²) >= 11 is 1.82. The van der Waals surface area contributed by atoms with Crippen molar-refractivity contribution in [2.45, 2.75) is 24.9 Å². The average molecular weight is 226 g/mol. The highest BCUT2D eigenvalue weighted by atomic mass is 32.2. The topological polar surface area (TPSA) is 20.2 Å². The second kappa shape index (κ2) is 4.44. The Morgan fingerprint density at radius 3 is 2.73 bits per heavy atom. The van der Waals surface area contributed by atoms with E-state index in [1.807, 2.05) is 17.8 Å². The molecule has 82 valence electrons. The molecule has 1 aliphatic heterocycles. The second-order valence-electron chi connectivity index (χ2n) is 4.11. The summed E-state index contributed by atoms with van der Waals surface area (Å²) in [5.74, 6) is 2.05. The molecule has 3 heteroatoms. The standard InChI is InChI=1S/C12H15FOS/c13-12(4-6-15-7-5-12)9-10-2-1-3-11(14)8-10/h1-3,8,14H,4-7,9H2. The number of thioether (sulfide) groups is 1. The Labute approximate surface area is 93.7 Å². The van der Waals surface area contributed by atoms with Gasteiger partial charge in [0.2, 0.25) is 0 Å². The first-order valence-electron chi connectivity index (χ1n) is 5.23. The molecule has 1 heterocycles. The first-order valence-corrected chi connectivity index (χ1v) is 6.38. The van der Waals surface area contributed by atoms with Crippen molar-refractivity contribution in [3.8, 4) is 5.75 Å². The van der Waals surface area contributed by atoms with Crippen LogP contribution in [0, 0.1) is 0 Å². The molecule has 0 saturated carbocycles. The highest BCUT2D eigenvalue weighted by Crippen LogP contribution is 2.34. The summed E-state index contributed by atoms with van der Waals surface area (Å²) in [5, 5.41) is 9.30. The smallest absolute Gasteiger partial charge is 0.116 e. The third-order valence-electron chi connectivity index (χ3n) is 2.82. The monoisotopic (exact) mass is 226 g/mol. The Morgan fingerprint density at radius 1 is 1.33 bits per heavy atom. The van der Waals surface area contributed by atoms with E-state index < -0.39 is 5.67 Å². The number of halogens is 1. The van der Waals surface area contributed by atoms with Crippen molar-refractivity contribution < 1.29 is 9.50 Å². The molecule has 1 saturated heterocycles. The van der Waals surface area contributed by atoms with Crippen LogP contribution in [0.2, 0.25) is 0 Å². The van der Waals surface area contributed by atoms with E-state index in [2.05, 4.69) is 0 Å². The predicted molar refractivity (Wildman–Crippen MR) is 62.2 cm³/mol. The third kappa shape index (κ3) is 2.88. The fourth-order valence-corrected chi connectivity index (χ4v) is 3.17. The lowest BCUT2D eigenvalue weighted by Crippen LogP contribution is -2.30. The van der Waals surface area contributed by atoms with Crippen LogP contribution in [0.5, 0.6) is 5.75 Å². The zero-order chi connectivity index (χ0) is 10.7. The van der Waals surface area contributed by atoms with Gasteiger partial charge in [0.25, 0.3) is 0 Å². The molecular formula is C12H15FOS. The van der Waals surface area contributed by atoms with Gasteiger partial charge in [-0.1, -0.05) is 12.1 Å². The number of benzene rings is 1. The van der Waals surface area contributed by atoms with Crippen LogP contribution in [0.15, 0.2) is 24.3 Å². The maximum atomic E-state index is 14.3. The lowest BCUT2D eigenvalue weighted by Gasteiger charge is -2.29. The molecule has 0 bridgehead atoms. The summed E-state index contributed by atoms with van der Waals surface area (Å²) in [6.45, 7) is 0. The maximum Gasteiger partial charge on any atom is 0.116 e. The molecule has 1 aromatic rings. The number of hydrogen-bond acceptors (Lipinski definition) is 2. The first kappa shape index (κ1) is 10.8. The number of hydrogen-bond donors (Lipinski definition) is 1. The number of aromatic hydroxyl groups is 1. The molecule has 1 aliphatic rings. The van der Waals surface area contributed by atoms with Gasteiger partial charge in [0.05, 0.1) is 0 Å². The van der Waals surface area contributed by atoms with E-state index in [-0.39, 0.29) is 5.75 Å². The molecule has 0 unspecified atom stereocenters. The van der Waals surface area contributed by atoms with E-state index in [1.165, 1.54) is 0 Å². The van der Waals surface area contributed by atoms with Crippen molar-refractivity contribution in [1.82, 2.24) is 0 Å². The van der Waals surface area contributed by atoms with E-state index in [0.29, 0.717) is 19.3 Å². The van der Waals surface area contributed by atoms with Crippen LogP contribution in [-0.2, 0) is 6.42 Å². The first-order chi connectivity index (χ1) is 7.18. The summed E-state index contributed by atoms with van der Waals surface area (Å²) < 4.78 is 14.3. The van der Waals surface area contributed by atoms with Gasteiger partial charge in [-0.2, -0.15) is 11.8 Å². The fraction of sp³-hybridized carbons (Fsp3) is 0.500. The summed E-state index contributed by atoms with van der Waals surface area (Å²) in [6.07, 6.45) is 1.70. The number of alkyl halides is 1. The van der Waals surface area contributed by atoms with Crippen LogP contribution in [0.3, 0.4) is 0 Å². The van der Waals surface area contributed by atoms with Gasteiger partial charge >= 0.3 is 0 Å². The van der Waals surface area contributed by atoms with Gasteiger partial charge in [0, 0.05) is 6.42 Å². The zero-order valence-electron chi connectivity index (χ0n) is 8.58. The molecule has 0 spiro atoms. The summed E-state index contributed by atoms with van der Waals surface area (Å²) in [7, 11) is 0. The molecule has 0 radical (unpaired) electrons. The van der Waals surface area contributed by atoms with E-state index in [1.54, 1.807) is 18.2 Å². The second-order valence-corrected chi connectivity index (χ2v) is 5.33. The molecular weight excluding hydrogens is 211 g/mol. The number of rotatable bonds is 2. The Morgan fingerprint density at radius 2 is 2.07 bits per heavy atom. The molecule has 0 aliphatic carbocycles. The van der Waals surface area contributed by atoms with Gasteiger partial charge in [-0.3, -0.25) is 0 Å². The molecule has 1 N–H and O–H groups in total. The van der Waals surface area contributed by atoms with Crippen molar-refractivity contribution >= 4 is 11.8 Å². The lowest BCUT2D eigenvalue weighted by molar-refractivity contribution is 0.150. The molecule has 1 aromatic carbocycles. The lowest BCUT2D eigenvalue weighted by atomic mass is 9.91. The van der Waals surface area contributed by atoms with Gasteiger partial charge < -0.3 is 5.11 Å². The Balaban J connectivity index is 2.06. The predicted octanol–water partition coefficient (Wildman–Crippen LogP) is 3.17. The minimum Gasteiger partial charge on any atom is -0.508 e. The van der Waals surface area contributed by atoms with Crippen LogP contribution >= 0.6 is 11.8 Å². The fourth-order valence-electron chi connectivity index (χ4n) is 1.95. The van der Waals surface area contributed by atoms with Gasteiger partial charge in [-0.05, 0) is 42.0 Å². The van der Waals surface area contributed by atoms with Crippen LogP contribution in [0.1, 0.15) is 18.4 Å². The van der Waals surface area contributed by atoms with Crippen LogP contribution in [0.25, 0.3) is 0 Å². The molecule has 2 rings (SSSR count). The van der Waals surface area contributed by atoms with E-state index in [9.17, 15) is 9.50 Å². The molecule has 0 aromatic heterocycles. The van der Waals surface area contributed by atoms with Crippen molar-refractivity contribution in [3.05, 3.63) is 29.8 Å². The normalized spacial score (nSPS) is 20.1. The minimum absolute atomic E-state index is 0.223. The number of phenolic OH excluding ortho intramolecular Hbond substituents is 1. The SMILES string of the molecule is Oc1cccc(CC2(F)CCSCC2)c1. The van der Waals surface area contributed by atoms with Crippen molar-refractivity contribution in [3.63, 3.8) is 0 Å². The largest absolute Gasteiger partial charge is 0.508 e. The van der Waals surface area contributed by atoms with Crippen LogP contribution in [0.4, 0.5) is 4.39 Å². The van der Waals surface area contributed by atoms with Crippen LogP contribution in [-0.4, -0.2) is 22.3 Å². The zero-order valence-corrected chi connectivity index (χ0v) is 9.39. The molecule has 0 atom stereocenters. The van der Waals surface area contributed by atoms with E-state index >= 15 is 0 Å². The summed E-state index contributed by atoms with van der Waals surface area (Å²) in [6, 6.07) is 6.92. The third-order valence-corrected chi connectivity index (χ3v) is 3.81. The van der Waals surface area contributed by atoms with Crippen molar-refractivity contribution in [1.29, 1.82) is 0 Å². The Bertz CT molecular complexity index is 334. The average Bonchev–Trinajstić information content (AvgIpc) is 2.18. The molecule has 1 fully saturated rings. The van der Waals surface area contributed by atoms with Gasteiger partial charge in [0.15, 0.2) is 0 Å². The summed E-state index contributed by atoms with van der Waals surface area (Å²) in [4.78, 5) is 0. The van der Waals surface area contributed by atoms with Gasteiger partial charge in [-0.15, -0.1) is 0 Å². The molecule has 0 amide bonds. The van der Waals surface area contributed by atoms with Gasteiger partial charge in [0.1, 0.15) is 11.4 Å². The molecule has 1 nitrogen and oxygen atoms in total. The van der Waals surface area contributed by atoms with Crippen molar-refractivity contribution in [2.75, 3.05) is 11.5 Å². The molecule has 15 heavy (non-hydrogen) atoms. The maximum absolute atomic E-state index is 14.3.